The highest BCUT2D eigenvalue weighted by molar-refractivity contribution is 5.39. The number of allylic oxidation sites excluding steroid dienone is 1. The number of nitro groups is 2. The Labute approximate surface area is 222 Å². The lowest BCUT2D eigenvalue weighted by molar-refractivity contribution is -0.385. The van der Waals surface area contributed by atoms with Crippen LogP contribution in [0.15, 0.2) is 61.2 Å². The van der Waals surface area contributed by atoms with E-state index in [0.717, 1.165) is 32.1 Å². The molecule has 1 N–H and O–H groups in total. The van der Waals surface area contributed by atoms with Crippen LogP contribution < -0.4 is 9.47 Å². The molecule has 10 heteroatoms. The van der Waals surface area contributed by atoms with Gasteiger partial charge < -0.3 is 19.3 Å². The average molecular weight is 529 g/mol. The zero-order valence-corrected chi connectivity index (χ0v) is 21.5. The molecule has 3 rings (SSSR count). The highest BCUT2D eigenvalue weighted by Crippen LogP contribution is 2.34. The fourth-order valence-corrected chi connectivity index (χ4v) is 4.64. The summed E-state index contributed by atoms with van der Waals surface area (Å²) < 4.78 is 18.4. The minimum absolute atomic E-state index is 0.110. The van der Waals surface area contributed by atoms with Crippen molar-refractivity contribution in [1.29, 1.82) is 0 Å². The first-order chi connectivity index (χ1) is 18.4. The number of hydrogen-bond acceptors (Lipinski definition) is 8. The van der Waals surface area contributed by atoms with Crippen molar-refractivity contribution in [3.8, 4) is 11.5 Å². The standard InChI is InChI=1S/C28H36N2O8/c1-2-3-4-5-6-7-8-9-10-17-25-27(36-23-15-11-13-21(18-23)29(32)33)28(26(20-31)38-25)37-24-16-12-14-22(19-24)30(34)35/h2,11-16,18-19,25-28,31H,1,3-10,17,20H2/t25-,26+,27+,28+/m0/s1. The number of nitrogens with zero attached hydrogens (tertiary/aromatic N) is 2. The second-order valence-electron chi connectivity index (χ2n) is 9.41. The summed E-state index contributed by atoms with van der Waals surface area (Å²) in [5.41, 5.74) is -0.236. The third-order valence-corrected chi connectivity index (χ3v) is 6.58. The average Bonchev–Trinajstić information content (AvgIpc) is 3.23. The summed E-state index contributed by atoms with van der Waals surface area (Å²) >= 11 is 0. The zero-order valence-electron chi connectivity index (χ0n) is 21.5. The van der Waals surface area contributed by atoms with Gasteiger partial charge in [0.2, 0.25) is 0 Å². The first kappa shape index (κ1) is 29.1. The summed E-state index contributed by atoms with van der Waals surface area (Å²) in [6, 6.07) is 11.6. The van der Waals surface area contributed by atoms with E-state index in [9.17, 15) is 25.3 Å². The molecule has 0 saturated carbocycles. The highest BCUT2D eigenvalue weighted by Gasteiger charge is 2.47. The number of nitro benzene ring substituents is 2. The van der Waals surface area contributed by atoms with Crippen LogP contribution in [0.1, 0.15) is 57.8 Å². The van der Waals surface area contributed by atoms with Crippen molar-refractivity contribution >= 4 is 11.4 Å². The summed E-state index contributed by atoms with van der Waals surface area (Å²) in [5.74, 6) is 0.527. The Bertz CT molecular complexity index is 1060. The lowest BCUT2D eigenvalue weighted by Gasteiger charge is -2.26. The maximum atomic E-state index is 11.3. The Hall–Kier alpha value is -3.50. The zero-order chi connectivity index (χ0) is 27.3. The molecule has 0 radical (unpaired) electrons. The number of rotatable bonds is 17. The summed E-state index contributed by atoms with van der Waals surface area (Å²) in [7, 11) is 0. The van der Waals surface area contributed by atoms with Crippen molar-refractivity contribution in [3.63, 3.8) is 0 Å². The molecule has 0 spiro atoms. The maximum absolute atomic E-state index is 11.3. The van der Waals surface area contributed by atoms with Gasteiger partial charge in [0.25, 0.3) is 11.4 Å². The van der Waals surface area contributed by atoms with Gasteiger partial charge in [-0.2, -0.15) is 0 Å². The van der Waals surface area contributed by atoms with Gasteiger partial charge >= 0.3 is 0 Å². The summed E-state index contributed by atoms with van der Waals surface area (Å²) in [6.45, 7) is 3.41. The van der Waals surface area contributed by atoms with E-state index >= 15 is 0 Å². The Morgan fingerprint density at radius 3 is 1.82 bits per heavy atom. The van der Waals surface area contributed by atoms with Crippen LogP contribution in [0.4, 0.5) is 11.4 Å². The van der Waals surface area contributed by atoms with Gasteiger partial charge in [-0.25, -0.2) is 0 Å². The summed E-state index contributed by atoms with van der Waals surface area (Å²) in [5, 5.41) is 32.5. The van der Waals surface area contributed by atoms with Crippen molar-refractivity contribution in [1.82, 2.24) is 0 Å². The van der Waals surface area contributed by atoms with E-state index in [-0.39, 0.29) is 29.5 Å². The number of hydrogen-bond donors (Lipinski definition) is 1. The SMILES string of the molecule is C=CCCCCCCCCC[C@@H]1O[C@H](CO)[C@@H](Oc2cccc([N+](=O)[O-])c2)[C@@H]1Oc1cccc([N+](=O)[O-])c1. The van der Waals surface area contributed by atoms with Crippen molar-refractivity contribution in [3.05, 3.63) is 81.4 Å². The van der Waals surface area contributed by atoms with Crippen LogP contribution in [0.2, 0.25) is 0 Å². The Kier molecular flexibility index (Phi) is 11.5. The molecule has 1 aliphatic rings. The van der Waals surface area contributed by atoms with Gasteiger partial charge in [0.15, 0.2) is 12.2 Å². The van der Waals surface area contributed by atoms with Crippen molar-refractivity contribution in [2.45, 2.75) is 82.2 Å². The van der Waals surface area contributed by atoms with E-state index in [2.05, 4.69) is 6.58 Å². The summed E-state index contributed by atoms with van der Waals surface area (Å²) in [6.07, 6.45) is 8.76. The number of ether oxygens (including phenoxy) is 3. The van der Waals surface area contributed by atoms with Crippen LogP contribution in [-0.4, -0.2) is 46.0 Å². The molecule has 1 saturated heterocycles. The summed E-state index contributed by atoms with van der Waals surface area (Å²) in [4.78, 5) is 21.5. The monoisotopic (exact) mass is 528 g/mol. The lowest BCUT2D eigenvalue weighted by Crippen LogP contribution is -2.43. The number of unbranched alkanes of at least 4 members (excludes halogenated alkanes) is 7. The largest absolute Gasteiger partial charge is 0.483 e. The molecule has 4 atom stereocenters. The minimum Gasteiger partial charge on any atom is -0.483 e. The van der Waals surface area contributed by atoms with Crippen LogP contribution in [0.3, 0.4) is 0 Å². The Morgan fingerprint density at radius 1 is 0.816 bits per heavy atom. The van der Waals surface area contributed by atoms with Crippen LogP contribution in [0, 0.1) is 20.2 Å². The normalized spacial score (nSPS) is 20.7. The van der Waals surface area contributed by atoms with E-state index < -0.39 is 34.3 Å². The maximum Gasteiger partial charge on any atom is 0.273 e. The van der Waals surface area contributed by atoms with Crippen LogP contribution in [0.5, 0.6) is 11.5 Å². The molecule has 1 heterocycles. The molecule has 1 fully saturated rings. The highest BCUT2D eigenvalue weighted by atomic mass is 16.6. The Morgan fingerprint density at radius 2 is 1.32 bits per heavy atom. The molecule has 0 aliphatic carbocycles. The van der Waals surface area contributed by atoms with Gasteiger partial charge in [-0.3, -0.25) is 20.2 Å². The van der Waals surface area contributed by atoms with E-state index in [1.807, 2.05) is 6.08 Å². The first-order valence-electron chi connectivity index (χ1n) is 13.1. The van der Waals surface area contributed by atoms with Crippen LogP contribution in [-0.2, 0) is 4.74 Å². The van der Waals surface area contributed by atoms with E-state index in [0.29, 0.717) is 6.42 Å². The lowest BCUT2D eigenvalue weighted by atomic mass is 10.0. The fraction of sp³-hybridized carbons (Fsp3) is 0.500. The van der Waals surface area contributed by atoms with Gasteiger partial charge in [-0.15, -0.1) is 6.58 Å². The van der Waals surface area contributed by atoms with E-state index in [1.54, 1.807) is 12.1 Å². The molecule has 2 aromatic rings. The van der Waals surface area contributed by atoms with Gasteiger partial charge in [-0.05, 0) is 31.4 Å². The number of aliphatic hydroxyl groups is 1. The third-order valence-electron chi connectivity index (χ3n) is 6.58. The van der Waals surface area contributed by atoms with Gasteiger partial charge in [0.1, 0.15) is 17.6 Å². The molecule has 0 amide bonds. The Balaban J connectivity index is 1.70. The van der Waals surface area contributed by atoms with Gasteiger partial charge in [0, 0.05) is 12.1 Å². The predicted octanol–water partition coefficient (Wildman–Crippen LogP) is 6.15. The number of aliphatic hydroxyl groups excluding tert-OH is 1. The van der Waals surface area contributed by atoms with Gasteiger partial charge in [-0.1, -0.05) is 56.7 Å². The molecule has 0 bridgehead atoms. The second-order valence-corrected chi connectivity index (χ2v) is 9.41. The number of non-ortho nitro benzene ring substituents is 2. The number of benzene rings is 2. The van der Waals surface area contributed by atoms with E-state index in [1.165, 1.54) is 55.7 Å². The van der Waals surface area contributed by atoms with Gasteiger partial charge in [0.05, 0.1) is 34.7 Å². The second kappa shape index (κ2) is 15.0. The third kappa shape index (κ3) is 8.53. The molecule has 38 heavy (non-hydrogen) atoms. The molecule has 206 valence electrons. The molecule has 1 aliphatic heterocycles. The van der Waals surface area contributed by atoms with Crippen LogP contribution >= 0.6 is 0 Å². The molecule has 10 nitrogen and oxygen atoms in total. The minimum atomic E-state index is -0.781. The molecular formula is C28H36N2O8. The van der Waals surface area contributed by atoms with Crippen LogP contribution in [0.25, 0.3) is 0 Å². The van der Waals surface area contributed by atoms with E-state index in [4.69, 9.17) is 14.2 Å². The molecule has 0 unspecified atom stereocenters. The molecule has 2 aromatic carbocycles. The molecule has 0 aromatic heterocycles. The molecular weight excluding hydrogens is 492 g/mol. The first-order valence-corrected chi connectivity index (χ1v) is 13.1. The predicted molar refractivity (Wildman–Crippen MR) is 143 cm³/mol. The smallest absolute Gasteiger partial charge is 0.273 e. The van der Waals surface area contributed by atoms with Crippen molar-refractivity contribution in [2.75, 3.05) is 6.61 Å². The van der Waals surface area contributed by atoms with Crippen molar-refractivity contribution < 1.29 is 29.2 Å². The fourth-order valence-electron chi connectivity index (χ4n) is 4.64. The van der Waals surface area contributed by atoms with Crippen molar-refractivity contribution in [2.24, 2.45) is 0 Å². The topological polar surface area (TPSA) is 134 Å². The quantitative estimate of drug-likeness (QED) is 0.112.